The molecule has 1 aliphatic rings. The molecular weight excluding hydrogens is 272 g/mol. The van der Waals surface area contributed by atoms with Crippen LogP contribution in [0.1, 0.15) is 19.4 Å². The third-order valence-electron chi connectivity index (χ3n) is 3.31. The third-order valence-corrected chi connectivity index (χ3v) is 3.71. The molecule has 0 aromatic heterocycles. The van der Waals surface area contributed by atoms with Gasteiger partial charge >= 0.3 is 0 Å². The average Bonchev–Trinajstić information content (AvgIpc) is 2.44. The van der Waals surface area contributed by atoms with Crippen LogP contribution in [0.5, 0.6) is 5.75 Å². The van der Waals surface area contributed by atoms with Gasteiger partial charge in [-0.05, 0) is 43.8 Å². The van der Waals surface area contributed by atoms with Crippen LogP contribution in [-0.4, -0.2) is 42.4 Å². The Kier molecular flexibility index (Phi) is 5.20. The number of hydrogen-bond acceptors (Lipinski definition) is 3. The zero-order valence-electron chi connectivity index (χ0n) is 12.3. The summed E-state index contributed by atoms with van der Waals surface area (Å²) in [5.74, 6) is 0.868. The summed E-state index contributed by atoms with van der Waals surface area (Å²) in [7, 11) is 1.67. The molecule has 1 aliphatic heterocycles. The highest BCUT2D eigenvalue weighted by molar-refractivity contribution is 7.80. The molecule has 0 unspecified atom stereocenters. The van der Waals surface area contributed by atoms with Crippen LogP contribution >= 0.6 is 12.2 Å². The van der Waals surface area contributed by atoms with Crippen molar-refractivity contribution in [2.75, 3.05) is 20.2 Å². The smallest absolute Gasteiger partial charge is 0.169 e. The molecule has 1 aromatic carbocycles. The predicted molar refractivity (Wildman–Crippen MR) is 84.0 cm³/mol. The van der Waals surface area contributed by atoms with Crippen LogP contribution in [0.15, 0.2) is 24.3 Å². The molecule has 0 aliphatic carbocycles. The van der Waals surface area contributed by atoms with Gasteiger partial charge in [0.2, 0.25) is 0 Å². The molecule has 5 heteroatoms. The Balaban J connectivity index is 1.84. The molecule has 1 fully saturated rings. The van der Waals surface area contributed by atoms with Gasteiger partial charge in [-0.25, -0.2) is 0 Å². The molecule has 0 spiro atoms. The van der Waals surface area contributed by atoms with Gasteiger partial charge in [-0.1, -0.05) is 12.1 Å². The Bertz CT molecular complexity index is 440. The van der Waals surface area contributed by atoms with E-state index in [1.54, 1.807) is 7.11 Å². The summed E-state index contributed by atoms with van der Waals surface area (Å²) >= 11 is 5.46. The average molecular weight is 294 g/mol. The van der Waals surface area contributed by atoms with E-state index in [2.05, 4.69) is 24.1 Å². The van der Waals surface area contributed by atoms with Gasteiger partial charge in [0.25, 0.3) is 0 Å². The fraction of sp³-hybridized carbons (Fsp3) is 0.533. The monoisotopic (exact) mass is 294 g/mol. The van der Waals surface area contributed by atoms with Crippen LogP contribution < -0.4 is 10.1 Å². The number of morpholine rings is 1. The number of hydrogen-bond donors (Lipinski definition) is 1. The van der Waals surface area contributed by atoms with Crippen LogP contribution in [0.3, 0.4) is 0 Å². The molecule has 0 amide bonds. The quantitative estimate of drug-likeness (QED) is 0.864. The van der Waals surface area contributed by atoms with Crippen molar-refractivity contribution in [1.82, 2.24) is 10.2 Å². The molecule has 0 saturated carbocycles. The second-order valence-corrected chi connectivity index (χ2v) is 5.56. The molecule has 20 heavy (non-hydrogen) atoms. The number of benzene rings is 1. The third kappa shape index (κ3) is 4.08. The van der Waals surface area contributed by atoms with Crippen LogP contribution in [0.2, 0.25) is 0 Å². The number of thiocarbonyl (C=S) groups is 1. The maximum Gasteiger partial charge on any atom is 0.169 e. The number of nitrogens with zero attached hydrogens (tertiary/aromatic N) is 1. The minimum Gasteiger partial charge on any atom is -0.497 e. The first-order valence-electron chi connectivity index (χ1n) is 6.89. The second kappa shape index (κ2) is 6.90. The van der Waals surface area contributed by atoms with Gasteiger partial charge in [0.15, 0.2) is 5.11 Å². The highest BCUT2D eigenvalue weighted by Crippen LogP contribution is 2.13. The zero-order valence-corrected chi connectivity index (χ0v) is 13.1. The number of rotatable bonds is 3. The van der Waals surface area contributed by atoms with Gasteiger partial charge in [0.05, 0.1) is 19.3 Å². The molecule has 1 aromatic rings. The van der Waals surface area contributed by atoms with Crippen LogP contribution in [-0.2, 0) is 11.3 Å². The van der Waals surface area contributed by atoms with Crippen molar-refractivity contribution >= 4 is 17.3 Å². The molecule has 1 N–H and O–H groups in total. The molecule has 2 atom stereocenters. The summed E-state index contributed by atoms with van der Waals surface area (Å²) in [6.07, 6.45) is 0.443. The van der Waals surface area contributed by atoms with Crippen molar-refractivity contribution in [3.05, 3.63) is 29.8 Å². The lowest BCUT2D eigenvalue weighted by Gasteiger charge is -2.36. The maximum absolute atomic E-state index is 5.71. The highest BCUT2D eigenvalue weighted by atomic mass is 32.1. The Morgan fingerprint density at radius 2 is 1.90 bits per heavy atom. The van der Waals surface area contributed by atoms with Gasteiger partial charge in [-0.15, -0.1) is 0 Å². The van der Waals surface area contributed by atoms with Gasteiger partial charge in [-0.3, -0.25) is 0 Å². The molecule has 4 nitrogen and oxygen atoms in total. The lowest BCUT2D eigenvalue weighted by Crippen LogP contribution is -2.51. The Hall–Kier alpha value is -1.33. The van der Waals surface area contributed by atoms with Gasteiger partial charge < -0.3 is 19.7 Å². The Morgan fingerprint density at radius 1 is 1.30 bits per heavy atom. The van der Waals surface area contributed by atoms with Gasteiger partial charge in [0.1, 0.15) is 5.75 Å². The molecule has 1 saturated heterocycles. The van der Waals surface area contributed by atoms with E-state index in [-0.39, 0.29) is 12.2 Å². The van der Waals surface area contributed by atoms with E-state index in [0.717, 1.165) is 30.5 Å². The summed E-state index contributed by atoms with van der Waals surface area (Å²) in [5, 5.41) is 4.10. The van der Waals surface area contributed by atoms with Gasteiger partial charge in [0, 0.05) is 19.6 Å². The van der Waals surface area contributed by atoms with Gasteiger partial charge in [-0.2, -0.15) is 0 Å². The second-order valence-electron chi connectivity index (χ2n) is 5.17. The largest absolute Gasteiger partial charge is 0.497 e. The minimum absolute atomic E-state index is 0.222. The van der Waals surface area contributed by atoms with Crippen LogP contribution in [0.4, 0.5) is 0 Å². The van der Waals surface area contributed by atoms with E-state index in [0.29, 0.717) is 0 Å². The molecular formula is C15H22N2O2S. The number of nitrogens with one attached hydrogen (secondary N) is 1. The van der Waals surface area contributed by atoms with E-state index < -0.39 is 0 Å². The summed E-state index contributed by atoms with van der Waals surface area (Å²) in [6.45, 7) is 6.57. The first-order chi connectivity index (χ1) is 9.58. The highest BCUT2D eigenvalue weighted by Gasteiger charge is 2.23. The summed E-state index contributed by atoms with van der Waals surface area (Å²) in [5.41, 5.74) is 1.18. The predicted octanol–water partition coefficient (Wildman–Crippen LogP) is 2.18. The van der Waals surface area contributed by atoms with E-state index in [9.17, 15) is 0 Å². The molecule has 0 radical (unpaired) electrons. The lowest BCUT2D eigenvalue weighted by molar-refractivity contribution is -0.0482. The molecule has 0 bridgehead atoms. The zero-order chi connectivity index (χ0) is 14.5. The SMILES string of the molecule is COc1ccc(CNC(=S)N2C[C@H](C)O[C@@H](C)C2)cc1. The summed E-state index contributed by atoms with van der Waals surface area (Å²) in [4.78, 5) is 2.18. The Morgan fingerprint density at radius 3 is 2.45 bits per heavy atom. The summed E-state index contributed by atoms with van der Waals surface area (Å²) in [6, 6.07) is 8.00. The van der Waals surface area contributed by atoms with Crippen molar-refractivity contribution in [2.45, 2.75) is 32.6 Å². The summed E-state index contributed by atoms with van der Waals surface area (Å²) < 4.78 is 10.9. The van der Waals surface area contributed by atoms with E-state index in [1.165, 1.54) is 5.56 Å². The van der Waals surface area contributed by atoms with Crippen molar-refractivity contribution in [3.8, 4) is 5.75 Å². The first-order valence-corrected chi connectivity index (χ1v) is 7.30. The van der Waals surface area contributed by atoms with E-state index in [4.69, 9.17) is 21.7 Å². The molecule has 2 rings (SSSR count). The number of methoxy groups -OCH3 is 1. The lowest BCUT2D eigenvalue weighted by atomic mass is 10.2. The van der Waals surface area contributed by atoms with E-state index in [1.807, 2.05) is 24.3 Å². The fourth-order valence-electron chi connectivity index (χ4n) is 2.38. The molecule has 1 heterocycles. The van der Waals surface area contributed by atoms with Crippen molar-refractivity contribution in [1.29, 1.82) is 0 Å². The van der Waals surface area contributed by atoms with Crippen molar-refractivity contribution in [3.63, 3.8) is 0 Å². The topological polar surface area (TPSA) is 33.7 Å². The van der Waals surface area contributed by atoms with Crippen LogP contribution in [0.25, 0.3) is 0 Å². The first kappa shape index (κ1) is 15.1. The standard InChI is InChI=1S/C15H22N2O2S/c1-11-9-17(10-12(2)19-11)15(20)16-8-13-4-6-14(18-3)7-5-13/h4-7,11-12H,8-10H2,1-3H3,(H,16,20)/t11-,12-/m0/s1. The fourth-order valence-corrected chi connectivity index (χ4v) is 2.60. The van der Waals surface area contributed by atoms with Crippen LogP contribution in [0, 0.1) is 0 Å². The minimum atomic E-state index is 0.222. The number of ether oxygens (including phenoxy) is 2. The maximum atomic E-state index is 5.71. The normalized spacial score (nSPS) is 22.4. The van der Waals surface area contributed by atoms with E-state index >= 15 is 0 Å². The Labute approximate surface area is 126 Å². The van der Waals surface area contributed by atoms with Crippen molar-refractivity contribution < 1.29 is 9.47 Å². The van der Waals surface area contributed by atoms with Crippen molar-refractivity contribution in [2.24, 2.45) is 0 Å². The molecule has 110 valence electrons.